The summed E-state index contributed by atoms with van der Waals surface area (Å²) in [5.74, 6) is -1.92. The Morgan fingerprint density at radius 2 is 1.83 bits per heavy atom. The van der Waals surface area contributed by atoms with Gasteiger partial charge >= 0.3 is 18.0 Å². The molecule has 0 unspecified atom stereocenters. The van der Waals surface area contributed by atoms with Gasteiger partial charge in [-0.05, 0) is 48.2 Å². The lowest BCUT2D eigenvalue weighted by Crippen LogP contribution is -2.45. The van der Waals surface area contributed by atoms with Crippen LogP contribution in [-0.4, -0.2) is 63.2 Å². The maximum atomic E-state index is 12.9. The molecule has 0 aromatic heterocycles. The average molecular weight is 491 g/mol. The lowest BCUT2D eigenvalue weighted by atomic mass is 9.95. The van der Waals surface area contributed by atoms with E-state index in [0.29, 0.717) is 26.3 Å². The molecule has 1 saturated heterocycles. The summed E-state index contributed by atoms with van der Waals surface area (Å²) >= 11 is 0. The Bertz CT molecular complexity index is 1070. The van der Waals surface area contributed by atoms with Gasteiger partial charge in [-0.1, -0.05) is 18.2 Å². The van der Waals surface area contributed by atoms with Crippen LogP contribution in [0.3, 0.4) is 0 Å². The quantitative estimate of drug-likeness (QED) is 0.630. The number of halogens is 3. The first-order valence-electron chi connectivity index (χ1n) is 11.6. The molecule has 35 heavy (non-hydrogen) atoms. The Balaban J connectivity index is 1.45. The Labute approximate surface area is 202 Å². The summed E-state index contributed by atoms with van der Waals surface area (Å²) in [4.78, 5) is 29.4. The maximum Gasteiger partial charge on any atom is 0.416 e. The van der Waals surface area contributed by atoms with Crippen LogP contribution >= 0.6 is 0 Å². The number of carbonyl (C=O) groups is 2. The minimum absolute atomic E-state index is 0.0940. The van der Waals surface area contributed by atoms with Crippen molar-refractivity contribution in [1.29, 1.82) is 0 Å². The Hall–Kier alpha value is -3.11. The van der Waals surface area contributed by atoms with E-state index in [1.807, 2.05) is 0 Å². The van der Waals surface area contributed by atoms with E-state index in [-0.39, 0.29) is 18.3 Å². The summed E-state index contributed by atoms with van der Waals surface area (Å²) in [6, 6.07) is 10.3. The molecule has 2 aliphatic heterocycles. The molecule has 2 aromatic rings. The number of aryl methyl sites for hydroxylation is 1. The van der Waals surface area contributed by atoms with Crippen LogP contribution in [0.5, 0.6) is 0 Å². The van der Waals surface area contributed by atoms with Crippen molar-refractivity contribution in [2.45, 2.75) is 25.1 Å². The first-order chi connectivity index (χ1) is 16.7. The van der Waals surface area contributed by atoms with Crippen molar-refractivity contribution in [2.24, 2.45) is 0 Å². The molecule has 0 aliphatic carbocycles. The highest BCUT2D eigenvalue weighted by Gasteiger charge is 2.31. The van der Waals surface area contributed by atoms with Gasteiger partial charge in [-0.2, -0.15) is 13.2 Å². The number of carbonyl (C=O) groups excluding carboxylic acids is 2. The van der Waals surface area contributed by atoms with E-state index in [1.54, 1.807) is 0 Å². The van der Waals surface area contributed by atoms with E-state index in [0.717, 1.165) is 37.1 Å². The van der Waals surface area contributed by atoms with Gasteiger partial charge < -0.3 is 20.3 Å². The van der Waals surface area contributed by atoms with Crippen LogP contribution in [0.4, 0.5) is 24.5 Å². The molecule has 0 spiro atoms. The molecule has 0 radical (unpaired) electrons. The van der Waals surface area contributed by atoms with Gasteiger partial charge in [0.05, 0.1) is 24.8 Å². The lowest BCUT2D eigenvalue weighted by molar-refractivity contribution is -0.137. The molecule has 1 fully saturated rings. The Morgan fingerprint density at radius 1 is 1.06 bits per heavy atom. The number of nitrogens with zero attached hydrogens (tertiary/aromatic N) is 2. The van der Waals surface area contributed by atoms with Gasteiger partial charge in [-0.3, -0.25) is 14.5 Å². The highest BCUT2D eigenvalue weighted by atomic mass is 19.4. The van der Waals surface area contributed by atoms with Gasteiger partial charge in [0.25, 0.3) is 0 Å². The average Bonchev–Trinajstić information content (AvgIpc) is 2.84. The predicted molar refractivity (Wildman–Crippen MR) is 126 cm³/mol. The number of nitrogens with one attached hydrogen (secondary N) is 2. The van der Waals surface area contributed by atoms with Crippen LogP contribution < -0.4 is 15.5 Å². The maximum absolute atomic E-state index is 12.9. The van der Waals surface area contributed by atoms with Gasteiger partial charge in [0.2, 0.25) is 0 Å². The number of benzene rings is 2. The predicted octanol–water partition coefficient (Wildman–Crippen LogP) is 3.22. The number of morpholine rings is 1. The number of hydrogen-bond donors (Lipinski definition) is 2. The fraction of sp³-hybridized carbons (Fsp3) is 0.440. The second-order valence-electron chi connectivity index (χ2n) is 8.82. The molecule has 2 N–H and O–H groups in total. The van der Waals surface area contributed by atoms with Crippen LogP contribution in [0.15, 0.2) is 42.5 Å². The minimum atomic E-state index is -4.54. The molecule has 0 bridgehead atoms. The lowest BCUT2D eigenvalue weighted by Gasteiger charge is -2.36. The number of fused-ring (bicyclic) bond motifs is 1. The second-order valence-corrected chi connectivity index (χ2v) is 8.82. The summed E-state index contributed by atoms with van der Waals surface area (Å²) in [5.41, 5.74) is 2.50. The SMILES string of the molecule is CN1CCCc2cc([C@@H](CNC(=O)C(=O)Nc3cccc(C(F)(F)F)c3)N3CCOCC3)ccc21. The number of amides is 2. The zero-order chi connectivity index (χ0) is 25.0. The van der Waals surface area contributed by atoms with Crippen LogP contribution in [0.1, 0.15) is 29.2 Å². The highest BCUT2D eigenvalue weighted by Crippen LogP contribution is 2.32. The van der Waals surface area contributed by atoms with Crippen molar-refractivity contribution >= 4 is 23.2 Å². The molecule has 2 aromatic carbocycles. The molecule has 1 atom stereocenters. The van der Waals surface area contributed by atoms with Crippen molar-refractivity contribution in [2.75, 3.05) is 56.7 Å². The molecule has 10 heteroatoms. The van der Waals surface area contributed by atoms with Crippen molar-refractivity contribution in [3.63, 3.8) is 0 Å². The van der Waals surface area contributed by atoms with E-state index in [4.69, 9.17) is 4.74 Å². The zero-order valence-corrected chi connectivity index (χ0v) is 19.5. The van der Waals surface area contributed by atoms with Crippen LogP contribution in [0.25, 0.3) is 0 Å². The van der Waals surface area contributed by atoms with Gasteiger partial charge in [0, 0.05) is 44.6 Å². The van der Waals surface area contributed by atoms with Gasteiger partial charge in [-0.15, -0.1) is 0 Å². The topological polar surface area (TPSA) is 73.9 Å². The largest absolute Gasteiger partial charge is 0.416 e. The summed E-state index contributed by atoms with van der Waals surface area (Å²) in [6.07, 6.45) is -2.49. The summed E-state index contributed by atoms with van der Waals surface area (Å²) in [7, 11) is 2.07. The summed E-state index contributed by atoms with van der Waals surface area (Å²) in [6.45, 7) is 3.73. The number of alkyl halides is 3. The molecule has 188 valence electrons. The molecule has 2 aliphatic rings. The molecule has 4 rings (SSSR count). The van der Waals surface area contributed by atoms with E-state index < -0.39 is 23.6 Å². The van der Waals surface area contributed by atoms with Crippen molar-refractivity contribution < 1.29 is 27.5 Å². The minimum Gasteiger partial charge on any atom is -0.379 e. The Kier molecular flexibility index (Phi) is 7.61. The molecule has 7 nitrogen and oxygen atoms in total. The third-order valence-corrected chi connectivity index (χ3v) is 6.44. The Morgan fingerprint density at radius 3 is 2.57 bits per heavy atom. The molecule has 0 saturated carbocycles. The van der Waals surface area contributed by atoms with Gasteiger partial charge in [0.15, 0.2) is 0 Å². The third-order valence-electron chi connectivity index (χ3n) is 6.44. The highest BCUT2D eigenvalue weighted by molar-refractivity contribution is 6.39. The molecule has 2 amide bonds. The standard InChI is InChI=1S/C25H29F3N4O3/c1-31-9-3-4-17-14-18(7-8-21(17)31)22(32-10-12-35-13-11-32)16-29-23(33)24(34)30-20-6-2-5-19(15-20)25(26,27)28/h2,5-8,14-15,22H,3-4,9-13,16H2,1H3,(H,29,33)(H,30,34)/t22-/m1/s1. The van der Waals surface area contributed by atoms with E-state index in [9.17, 15) is 22.8 Å². The van der Waals surface area contributed by atoms with Gasteiger partial charge in [-0.25, -0.2) is 0 Å². The molecular formula is C25H29F3N4O3. The van der Waals surface area contributed by atoms with Crippen LogP contribution in [0, 0.1) is 0 Å². The fourth-order valence-corrected chi connectivity index (χ4v) is 4.59. The van der Waals surface area contributed by atoms with Crippen LogP contribution in [0.2, 0.25) is 0 Å². The number of anilines is 2. The van der Waals surface area contributed by atoms with Gasteiger partial charge in [0.1, 0.15) is 0 Å². The normalized spacial score (nSPS) is 17.4. The first kappa shape index (κ1) is 25.0. The van der Waals surface area contributed by atoms with Crippen molar-refractivity contribution in [3.05, 3.63) is 59.2 Å². The third kappa shape index (κ3) is 6.12. The smallest absolute Gasteiger partial charge is 0.379 e. The summed E-state index contributed by atoms with van der Waals surface area (Å²) in [5, 5.41) is 4.92. The number of hydrogen-bond acceptors (Lipinski definition) is 5. The van der Waals surface area contributed by atoms with E-state index >= 15 is 0 Å². The monoisotopic (exact) mass is 490 g/mol. The van der Waals surface area contributed by atoms with E-state index in [2.05, 4.69) is 45.7 Å². The van der Waals surface area contributed by atoms with Crippen LogP contribution in [-0.2, 0) is 26.9 Å². The number of ether oxygens (including phenoxy) is 1. The zero-order valence-electron chi connectivity index (χ0n) is 19.5. The summed E-state index contributed by atoms with van der Waals surface area (Å²) < 4.78 is 44.3. The number of rotatable bonds is 5. The van der Waals surface area contributed by atoms with Crippen molar-refractivity contribution in [3.8, 4) is 0 Å². The second kappa shape index (κ2) is 10.7. The molecular weight excluding hydrogens is 461 g/mol. The van der Waals surface area contributed by atoms with E-state index in [1.165, 1.54) is 23.4 Å². The fourth-order valence-electron chi connectivity index (χ4n) is 4.59. The van der Waals surface area contributed by atoms with Crippen molar-refractivity contribution in [1.82, 2.24) is 10.2 Å². The first-order valence-corrected chi connectivity index (χ1v) is 11.6. The molecule has 2 heterocycles.